The van der Waals surface area contributed by atoms with Crippen LogP contribution in [0.2, 0.25) is 0 Å². The first-order valence-electron chi connectivity index (χ1n) is 7.69. The van der Waals surface area contributed by atoms with Gasteiger partial charge in [-0.1, -0.05) is 42.1 Å². The maximum Gasteiger partial charge on any atom is 0.313 e. The molecular formula is C19H18O3S. The Hall–Kier alpha value is -2.07. The molecule has 3 rings (SSSR count). The van der Waals surface area contributed by atoms with Gasteiger partial charge in [-0.2, -0.15) is 0 Å². The Bertz CT molecular complexity index is 767. The van der Waals surface area contributed by atoms with Crippen molar-refractivity contribution in [3.63, 3.8) is 0 Å². The Kier molecular flexibility index (Phi) is 4.53. The molecule has 3 nitrogen and oxygen atoms in total. The second-order valence-electron chi connectivity index (χ2n) is 5.54. The third-order valence-corrected chi connectivity index (χ3v) is 5.18. The summed E-state index contributed by atoms with van der Waals surface area (Å²) in [7, 11) is 0. The first-order valence-corrected chi connectivity index (χ1v) is 8.51. The molecule has 118 valence electrons. The number of ketones is 1. The smallest absolute Gasteiger partial charge is 0.313 e. The molecule has 0 bridgehead atoms. The van der Waals surface area contributed by atoms with Crippen molar-refractivity contribution in [2.75, 3.05) is 6.61 Å². The van der Waals surface area contributed by atoms with E-state index in [9.17, 15) is 9.59 Å². The number of hydrogen-bond acceptors (Lipinski definition) is 4. The predicted octanol–water partition coefficient (Wildman–Crippen LogP) is 4.24. The SMILES string of the molecule is CCOC(=O)C(C)c1ccc2c(c1)CC(=O)c1ccccc1S2. The van der Waals surface area contributed by atoms with Gasteiger partial charge in [-0.05, 0) is 37.1 Å². The molecule has 0 radical (unpaired) electrons. The van der Waals surface area contributed by atoms with Gasteiger partial charge in [0.15, 0.2) is 5.78 Å². The van der Waals surface area contributed by atoms with E-state index < -0.39 is 0 Å². The van der Waals surface area contributed by atoms with Crippen molar-refractivity contribution < 1.29 is 14.3 Å². The summed E-state index contributed by atoms with van der Waals surface area (Å²) in [4.78, 5) is 26.5. The lowest BCUT2D eigenvalue weighted by Gasteiger charge is -2.13. The van der Waals surface area contributed by atoms with Gasteiger partial charge in [0, 0.05) is 21.8 Å². The highest BCUT2D eigenvalue weighted by molar-refractivity contribution is 7.99. The van der Waals surface area contributed by atoms with Gasteiger partial charge in [0.25, 0.3) is 0 Å². The highest BCUT2D eigenvalue weighted by Crippen LogP contribution is 2.38. The molecule has 0 aliphatic carbocycles. The van der Waals surface area contributed by atoms with E-state index >= 15 is 0 Å². The topological polar surface area (TPSA) is 43.4 Å². The first-order chi connectivity index (χ1) is 11.1. The molecule has 23 heavy (non-hydrogen) atoms. The summed E-state index contributed by atoms with van der Waals surface area (Å²) < 4.78 is 5.09. The maximum atomic E-state index is 12.5. The van der Waals surface area contributed by atoms with Gasteiger partial charge in [-0.25, -0.2) is 0 Å². The summed E-state index contributed by atoms with van der Waals surface area (Å²) in [6.45, 7) is 4.01. The van der Waals surface area contributed by atoms with Crippen molar-refractivity contribution in [2.24, 2.45) is 0 Å². The second-order valence-corrected chi connectivity index (χ2v) is 6.62. The van der Waals surface area contributed by atoms with Crippen LogP contribution in [0.5, 0.6) is 0 Å². The molecule has 1 atom stereocenters. The zero-order valence-corrected chi connectivity index (χ0v) is 14.0. The lowest BCUT2D eigenvalue weighted by Crippen LogP contribution is -2.13. The van der Waals surface area contributed by atoms with Crippen molar-refractivity contribution in [1.29, 1.82) is 0 Å². The molecule has 1 heterocycles. The van der Waals surface area contributed by atoms with Crippen molar-refractivity contribution in [1.82, 2.24) is 0 Å². The average molecular weight is 326 g/mol. The fraction of sp³-hybridized carbons (Fsp3) is 0.263. The number of esters is 1. The molecule has 4 heteroatoms. The van der Waals surface area contributed by atoms with Crippen molar-refractivity contribution >= 4 is 23.5 Å². The predicted molar refractivity (Wildman–Crippen MR) is 90.1 cm³/mol. The highest BCUT2D eigenvalue weighted by atomic mass is 32.2. The third-order valence-electron chi connectivity index (χ3n) is 3.98. The number of carbonyl (C=O) groups excluding carboxylic acids is 2. The van der Waals surface area contributed by atoms with Gasteiger partial charge < -0.3 is 4.74 Å². The average Bonchev–Trinajstić information content (AvgIpc) is 2.69. The first kappa shape index (κ1) is 15.8. The highest BCUT2D eigenvalue weighted by Gasteiger charge is 2.22. The molecule has 0 N–H and O–H groups in total. The van der Waals surface area contributed by atoms with E-state index in [0.29, 0.717) is 13.0 Å². The maximum absolute atomic E-state index is 12.5. The van der Waals surface area contributed by atoms with Gasteiger partial charge in [0.05, 0.1) is 12.5 Å². The fourth-order valence-corrected chi connectivity index (χ4v) is 3.76. The zero-order valence-electron chi connectivity index (χ0n) is 13.2. The number of carbonyl (C=O) groups is 2. The molecule has 2 aromatic carbocycles. The molecule has 0 aromatic heterocycles. The molecule has 1 aliphatic rings. The Morgan fingerprint density at radius 1 is 1.22 bits per heavy atom. The van der Waals surface area contributed by atoms with Crippen molar-refractivity contribution in [3.05, 3.63) is 59.2 Å². The quantitative estimate of drug-likeness (QED) is 0.791. The van der Waals surface area contributed by atoms with E-state index in [1.807, 2.05) is 49.4 Å². The van der Waals surface area contributed by atoms with Crippen LogP contribution in [0.1, 0.15) is 41.3 Å². The summed E-state index contributed by atoms with van der Waals surface area (Å²) in [5.74, 6) is -0.442. The minimum absolute atomic E-state index is 0.118. The molecular weight excluding hydrogens is 308 g/mol. The Morgan fingerprint density at radius 3 is 2.78 bits per heavy atom. The Labute approximate surface area is 140 Å². The normalized spacial score (nSPS) is 14.4. The van der Waals surface area contributed by atoms with Crippen LogP contribution in [0.3, 0.4) is 0 Å². The zero-order chi connectivity index (χ0) is 16.4. The lowest BCUT2D eigenvalue weighted by atomic mass is 9.96. The molecule has 1 unspecified atom stereocenters. The van der Waals surface area contributed by atoms with E-state index in [-0.39, 0.29) is 17.7 Å². The third kappa shape index (κ3) is 3.17. The molecule has 1 aliphatic heterocycles. The summed E-state index contributed by atoms with van der Waals surface area (Å²) in [5, 5.41) is 0. The lowest BCUT2D eigenvalue weighted by molar-refractivity contribution is -0.144. The molecule has 0 saturated heterocycles. The molecule has 0 saturated carbocycles. The number of benzene rings is 2. The minimum atomic E-state index is -0.328. The fourth-order valence-electron chi connectivity index (χ4n) is 2.68. The van der Waals surface area contributed by atoms with Crippen molar-refractivity contribution in [2.45, 2.75) is 36.0 Å². The van der Waals surface area contributed by atoms with Crippen LogP contribution in [0, 0.1) is 0 Å². The van der Waals surface area contributed by atoms with E-state index in [1.165, 1.54) is 0 Å². The van der Waals surface area contributed by atoms with Crippen LogP contribution in [-0.4, -0.2) is 18.4 Å². The molecule has 2 aromatic rings. The van der Waals surface area contributed by atoms with Crippen LogP contribution >= 0.6 is 11.8 Å². The summed E-state index contributed by atoms with van der Waals surface area (Å²) in [6, 6.07) is 13.6. The number of fused-ring (bicyclic) bond motifs is 2. The van der Waals surface area contributed by atoms with E-state index in [1.54, 1.807) is 18.7 Å². The largest absolute Gasteiger partial charge is 0.466 e. The van der Waals surface area contributed by atoms with E-state index in [2.05, 4.69) is 0 Å². The van der Waals surface area contributed by atoms with Crippen LogP contribution in [-0.2, 0) is 16.0 Å². The van der Waals surface area contributed by atoms with Gasteiger partial charge in [-0.3, -0.25) is 9.59 Å². The standard InChI is InChI=1S/C19H18O3S/c1-3-22-19(21)12(2)13-8-9-17-14(10-13)11-16(20)15-6-4-5-7-18(15)23-17/h4-10,12H,3,11H2,1-2H3. The van der Waals surface area contributed by atoms with Gasteiger partial charge >= 0.3 is 5.97 Å². The number of Topliss-reactive ketones (excluding diaryl/α,β-unsaturated/α-hetero) is 1. The summed E-state index contributed by atoms with van der Waals surface area (Å²) >= 11 is 1.61. The molecule has 0 fully saturated rings. The number of ether oxygens (including phenoxy) is 1. The van der Waals surface area contributed by atoms with Gasteiger partial charge in [0.1, 0.15) is 0 Å². The van der Waals surface area contributed by atoms with Crippen molar-refractivity contribution in [3.8, 4) is 0 Å². The monoisotopic (exact) mass is 326 g/mol. The Morgan fingerprint density at radius 2 is 2.00 bits per heavy atom. The van der Waals surface area contributed by atoms with Crippen LogP contribution < -0.4 is 0 Å². The molecule has 0 amide bonds. The minimum Gasteiger partial charge on any atom is -0.466 e. The number of hydrogen-bond donors (Lipinski definition) is 0. The van der Waals surface area contributed by atoms with Gasteiger partial charge in [-0.15, -0.1) is 0 Å². The van der Waals surface area contributed by atoms with E-state index in [4.69, 9.17) is 4.74 Å². The van der Waals surface area contributed by atoms with Crippen LogP contribution in [0.4, 0.5) is 0 Å². The number of rotatable bonds is 3. The van der Waals surface area contributed by atoms with E-state index in [0.717, 1.165) is 26.5 Å². The molecule has 0 spiro atoms. The Balaban J connectivity index is 1.95. The second kappa shape index (κ2) is 6.59. The van der Waals surface area contributed by atoms with Crippen LogP contribution in [0.25, 0.3) is 0 Å². The van der Waals surface area contributed by atoms with Crippen LogP contribution in [0.15, 0.2) is 52.3 Å². The van der Waals surface area contributed by atoms with Gasteiger partial charge in [0.2, 0.25) is 0 Å². The summed E-state index contributed by atoms with van der Waals surface area (Å²) in [5.41, 5.74) is 2.64. The summed E-state index contributed by atoms with van der Waals surface area (Å²) in [6.07, 6.45) is 0.364.